The number of hydrogen-bond donors (Lipinski definition) is 2. The van der Waals surface area contributed by atoms with Crippen molar-refractivity contribution in [2.75, 3.05) is 31.1 Å². The van der Waals surface area contributed by atoms with Gasteiger partial charge < -0.3 is 19.6 Å². The first-order chi connectivity index (χ1) is 15.9. The number of methoxy groups -OCH3 is 2. The van der Waals surface area contributed by atoms with Crippen molar-refractivity contribution >= 4 is 28.4 Å². The van der Waals surface area contributed by atoms with Gasteiger partial charge in [-0.25, -0.2) is 18.6 Å². The number of halogens is 2. The van der Waals surface area contributed by atoms with Crippen LogP contribution >= 0.6 is 0 Å². The van der Waals surface area contributed by atoms with Crippen LogP contribution in [0.25, 0.3) is 11.0 Å². The molecule has 1 aliphatic heterocycles. The van der Waals surface area contributed by atoms with Crippen molar-refractivity contribution in [1.82, 2.24) is 9.97 Å². The van der Waals surface area contributed by atoms with E-state index in [1.54, 1.807) is 25.5 Å². The molecule has 3 heterocycles. The molecule has 1 saturated carbocycles. The third kappa shape index (κ3) is 3.04. The van der Waals surface area contributed by atoms with Crippen molar-refractivity contribution in [3.8, 4) is 11.5 Å². The Morgan fingerprint density at radius 2 is 1.85 bits per heavy atom. The molecule has 5 rings (SSSR count). The summed E-state index contributed by atoms with van der Waals surface area (Å²) in [5.41, 5.74) is 1.22. The van der Waals surface area contributed by atoms with E-state index in [-0.39, 0.29) is 11.5 Å². The number of carbonyl (C=O) groups is 1. The average molecular weight is 458 g/mol. The van der Waals surface area contributed by atoms with Crippen molar-refractivity contribution in [2.24, 2.45) is 5.92 Å². The molecule has 1 unspecified atom stereocenters. The highest BCUT2D eigenvalue weighted by atomic mass is 19.1. The van der Waals surface area contributed by atoms with E-state index in [0.717, 1.165) is 17.4 Å². The first-order valence-electron chi connectivity index (χ1n) is 10.7. The summed E-state index contributed by atoms with van der Waals surface area (Å²) in [6.45, 7) is 0. The fraction of sp³-hybridized carbons (Fsp3) is 0.391. The van der Waals surface area contributed by atoms with E-state index in [1.165, 1.54) is 19.1 Å². The third-order valence-electron chi connectivity index (χ3n) is 6.74. The van der Waals surface area contributed by atoms with Gasteiger partial charge in [-0.05, 0) is 18.9 Å². The minimum Gasteiger partial charge on any atom is -0.493 e. The summed E-state index contributed by atoms with van der Waals surface area (Å²) in [5.74, 6) is -2.98. The number of hydrogen-bond acceptors (Lipinski definition) is 5. The number of aliphatic hydroxyl groups is 1. The van der Waals surface area contributed by atoms with Crippen LogP contribution in [-0.2, 0) is 0 Å². The number of amides is 2. The predicted molar refractivity (Wildman–Crippen MR) is 118 cm³/mol. The summed E-state index contributed by atoms with van der Waals surface area (Å²) < 4.78 is 41.3. The number of nitrogens with zero attached hydrogens (tertiary/aromatic N) is 3. The summed E-state index contributed by atoms with van der Waals surface area (Å²) in [7, 11) is 4.06. The number of benzene rings is 1. The molecule has 33 heavy (non-hydrogen) atoms. The zero-order valence-corrected chi connectivity index (χ0v) is 18.4. The lowest BCUT2D eigenvalue weighted by atomic mass is 9.86. The Labute approximate surface area is 188 Å². The normalized spacial score (nSPS) is 22.7. The third-order valence-corrected chi connectivity index (χ3v) is 6.74. The minimum absolute atomic E-state index is 0.255. The van der Waals surface area contributed by atoms with Gasteiger partial charge >= 0.3 is 6.03 Å². The molecule has 0 bridgehead atoms. The Bertz CT molecular complexity index is 1220. The number of anilines is 2. The van der Waals surface area contributed by atoms with Gasteiger partial charge in [0.25, 0.3) is 0 Å². The number of urea groups is 1. The molecule has 174 valence electrons. The van der Waals surface area contributed by atoms with E-state index in [1.807, 2.05) is 0 Å². The maximum absolute atomic E-state index is 15.6. The van der Waals surface area contributed by atoms with Gasteiger partial charge in [0.1, 0.15) is 11.3 Å². The number of aromatic amines is 1. The fourth-order valence-electron chi connectivity index (χ4n) is 5.19. The van der Waals surface area contributed by atoms with Crippen LogP contribution in [0.5, 0.6) is 11.5 Å². The largest absolute Gasteiger partial charge is 0.493 e. The standard InChI is InChI=1S/C23H24F2N4O4/c1-28-19-12-7-8-26-22(12)27-10-13(19)20(11-5-4-6-14(11)30)29(23(28)31)21-17(24)15(32-2)9-16(33-3)18(21)25/h7-11,14,20,30H,4-6H2,1-3H3,(H,26,27)/t11-,14+,20?/m0/s1. The summed E-state index contributed by atoms with van der Waals surface area (Å²) >= 11 is 0. The fourth-order valence-corrected chi connectivity index (χ4v) is 5.19. The molecule has 2 aliphatic rings. The molecule has 3 aromatic rings. The smallest absolute Gasteiger partial charge is 0.329 e. The lowest BCUT2D eigenvalue weighted by Gasteiger charge is -2.44. The van der Waals surface area contributed by atoms with Gasteiger partial charge in [-0.1, -0.05) is 6.42 Å². The van der Waals surface area contributed by atoms with Gasteiger partial charge in [-0.2, -0.15) is 0 Å². The van der Waals surface area contributed by atoms with Crippen molar-refractivity contribution < 1.29 is 28.2 Å². The van der Waals surface area contributed by atoms with Gasteiger partial charge in [0.2, 0.25) is 0 Å². The second kappa shape index (κ2) is 7.87. The molecular weight excluding hydrogens is 434 g/mol. The van der Waals surface area contributed by atoms with Gasteiger partial charge in [-0.15, -0.1) is 0 Å². The van der Waals surface area contributed by atoms with Crippen LogP contribution in [0.1, 0.15) is 30.9 Å². The van der Waals surface area contributed by atoms with E-state index in [0.29, 0.717) is 35.1 Å². The van der Waals surface area contributed by atoms with Crippen molar-refractivity contribution in [3.05, 3.63) is 41.7 Å². The topological polar surface area (TPSA) is 90.9 Å². The second-order valence-corrected chi connectivity index (χ2v) is 8.38. The first kappa shape index (κ1) is 21.4. The molecule has 3 atom stereocenters. The Kier molecular flexibility index (Phi) is 5.12. The van der Waals surface area contributed by atoms with Crippen molar-refractivity contribution in [1.29, 1.82) is 0 Å². The average Bonchev–Trinajstić information content (AvgIpc) is 3.46. The SMILES string of the molecule is COc1cc(OC)c(F)c(N2C(=O)N(C)c3c(cnc4[nH]ccc34)C2[C@H]2CCC[C@H]2O)c1F. The van der Waals surface area contributed by atoms with E-state index in [2.05, 4.69) is 9.97 Å². The van der Waals surface area contributed by atoms with E-state index < -0.39 is 41.4 Å². The van der Waals surface area contributed by atoms with E-state index in [9.17, 15) is 9.90 Å². The van der Waals surface area contributed by atoms with Gasteiger partial charge in [0, 0.05) is 42.4 Å². The number of carbonyl (C=O) groups excluding carboxylic acids is 1. The summed E-state index contributed by atoms with van der Waals surface area (Å²) in [5, 5.41) is 11.5. The van der Waals surface area contributed by atoms with Crippen LogP contribution < -0.4 is 19.3 Å². The zero-order chi connectivity index (χ0) is 23.4. The Balaban J connectivity index is 1.81. The number of aliphatic hydroxyl groups excluding tert-OH is 1. The number of fused-ring (bicyclic) bond motifs is 3. The lowest BCUT2D eigenvalue weighted by molar-refractivity contribution is 0.116. The van der Waals surface area contributed by atoms with Crippen LogP contribution in [0, 0.1) is 17.6 Å². The number of aromatic nitrogens is 2. The van der Waals surface area contributed by atoms with Crippen molar-refractivity contribution in [3.63, 3.8) is 0 Å². The van der Waals surface area contributed by atoms with Crippen LogP contribution in [0.3, 0.4) is 0 Å². The highest BCUT2D eigenvalue weighted by Gasteiger charge is 2.48. The molecule has 0 spiro atoms. The second-order valence-electron chi connectivity index (χ2n) is 8.38. The Hall–Kier alpha value is -3.40. The summed E-state index contributed by atoms with van der Waals surface area (Å²) in [6.07, 6.45) is 4.46. The molecule has 8 nitrogen and oxygen atoms in total. The maximum atomic E-state index is 15.6. The first-order valence-corrected chi connectivity index (χ1v) is 10.7. The number of ether oxygens (including phenoxy) is 2. The van der Waals surface area contributed by atoms with Crippen LogP contribution in [-0.4, -0.2) is 48.5 Å². The van der Waals surface area contributed by atoms with Gasteiger partial charge in [0.05, 0.1) is 32.1 Å². The number of pyridine rings is 1. The molecule has 0 saturated heterocycles. The van der Waals surface area contributed by atoms with Crippen molar-refractivity contribution in [2.45, 2.75) is 31.4 Å². The minimum atomic E-state index is -1.02. The number of nitrogens with one attached hydrogen (secondary N) is 1. The molecular formula is C23H24F2N4O4. The zero-order valence-electron chi connectivity index (χ0n) is 18.4. The van der Waals surface area contributed by atoms with Crippen LogP contribution in [0.4, 0.5) is 25.0 Å². The molecule has 2 amide bonds. The quantitative estimate of drug-likeness (QED) is 0.613. The van der Waals surface area contributed by atoms with Crippen LogP contribution in [0.2, 0.25) is 0 Å². The highest BCUT2D eigenvalue weighted by Crippen LogP contribution is 2.51. The van der Waals surface area contributed by atoms with Crippen LogP contribution in [0.15, 0.2) is 24.5 Å². The molecule has 10 heteroatoms. The van der Waals surface area contributed by atoms with Gasteiger partial charge in [0.15, 0.2) is 23.1 Å². The molecule has 2 aromatic heterocycles. The predicted octanol–water partition coefficient (Wildman–Crippen LogP) is 4.14. The number of H-pyrrole nitrogens is 1. The Morgan fingerprint density at radius 1 is 1.15 bits per heavy atom. The molecule has 1 aromatic carbocycles. The lowest BCUT2D eigenvalue weighted by Crippen LogP contribution is -2.52. The summed E-state index contributed by atoms with van der Waals surface area (Å²) in [6, 6.07) is 1.44. The van der Waals surface area contributed by atoms with E-state index in [4.69, 9.17) is 9.47 Å². The molecule has 0 radical (unpaired) electrons. The molecule has 1 aliphatic carbocycles. The molecule has 1 fully saturated rings. The highest BCUT2D eigenvalue weighted by molar-refractivity contribution is 6.12. The Morgan fingerprint density at radius 3 is 2.45 bits per heavy atom. The van der Waals surface area contributed by atoms with E-state index >= 15 is 8.78 Å². The monoisotopic (exact) mass is 458 g/mol. The van der Waals surface area contributed by atoms with Gasteiger partial charge in [-0.3, -0.25) is 9.80 Å². The molecule has 2 N–H and O–H groups in total. The summed E-state index contributed by atoms with van der Waals surface area (Å²) in [4.78, 5) is 23.7. The maximum Gasteiger partial charge on any atom is 0.329 e. The number of rotatable bonds is 4.